The molecule has 2 atom stereocenters. The lowest BCUT2D eigenvalue weighted by atomic mass is 9.73. The number of benzene rings is 1. The van der Waals surface area contributed by atoms with Gasteiger partial charge in [-0.1, -0.05) is 57.0 Å². The van der Waals surface area contributed by atoms with Crippen LogP contribution in [0.1, 0.15) is 52.9 Å². The van der Waals surface area contributed by atoms with Crippen molar-refractivity contribution in [1.29, 1.82) is 0 Å². The maximum atomic E-state index is 6.36. The van der Waals surface area contributed by atoms with E-state index in [9.17, 15) is 0 Å². The van der Waals surface area contributed by atoms with Crippen LogP contribution in [0.4, 0.5) is 0 Å². The van der Waals surface area contributed by atoms with Crippen molar-refractivity contribution in [2.24, 2.45) is 0 Å². The van der Waals surface area contributed by atoms with E-state index in [1.54, 1.807) is 0 Å². The molecule has 0 aromatic heterocycles. The molecule has 104 valence electrons. The normalized spacial score (nSPS) is 27.5. The highest BCUT2D eigenvalue weighted by molar-refractivity contribution is 6.61. The van der Waals surface area contributed by atoms with Gasteiger partial charge in [-0.3, -0.25) is 0 Å². The van der Waals surface area contributed by atoms with Crippen molar-refractivity contribution in [3.05, 3.63) is 30.3 Å². The van der Waals surface area contributed by atoms with Crippen molar-refractivity contribution < 1.29 is 9.31 Å². The minimum Gasteiger partial charge on any atom is -0.405 e. The smallest absolute Gasteiger partial charge is 0.405 e. The van der Waals surface area contributed by atoms with E-state index in [1.165, 1.54) is 12.8 Å². The zero-order valence-electron chi connectivity index (χ0n) is 12.4. The third kappa shape index (κ3) is 3.61. The summed E-state index contributed by atoms with van der Waals surface area (Å²) in [6.45, 7) is 6.63. The molecule has 0 radical (unpaired) electrons. The van der Waals surface area contributed by atoms with Gasteiger partial charge in [0.1, 0.15) is 0 Å². The molecule has 1 saturated heterocycles. The highest BCUT2D eigenvalue weighted by Gasteiger charge is 2.42. The van der Waals surface area contributed by atoms with Crippen LogP contribution in [-0.4, -0.2) is 18.8 Å². The van der Waals surface area contributed by atoms with E-state index in [4.69, 9.17) is 9.31 Å². The Kier molecular flexibility index (Phi) is 5.06. The van der Waals surface area contributed by atoms with Crippen LogP contribution in [-0.2, 0) is 9.31 Å². The van der Waals surface area contributed by atoms with Gasteiger partial charge in [-0.15, -0.1) is 0 Å². The van der Waals surface area contributed by atoms with E-state index in [0.29, 0.717) is 0 Å². The summed E-state index contributed by atoms with van der Waals surface area (Å²) in [7, 11) is -0.207. The van der Waals surface area contributed by atoms with Crippen molar-refractivity contribution in [3.8, 4) is 0 Å². The maximum absolute atomic E-state index is 6.36. The lowest BCUT2D eigenvalue weighted by molar-refractivity contribution is -0.0555. The van der Waals surface area contributed by atoms with E-state index < -0.39 is 0 Å². The number of hydrogen-bond donors (Lipinski definition) is 0. The van der Waals surface area contributed by atoms with Crippen LogP contribution in [0.3, 0.4) is 0 Å². The van der Waals surface area contributed by atoms with Crippen LogP contribution in [0.25, 0.3) is 0 Å². The molecular formula is C16H25BO2. The molecule has 0 amide bonds. The highest BCUT2D eigenvalue weighted by Crippen LogP contribution is 2.34. The molecule has 0 aliphatic carbocycles. The van der Waals surface area contributed by atoms with Crippen molar-refractivity contribution in [3.63, 3.8) is 0 Å². The molecule has 0 N–H and O–H groups in total. The summed E-state index contributed by atoms with van der Waals surface area (Å²) >= 11 is 0. The van der Waals surface area contributed by atoms with Gasteiger partial charge in [0.05, 0.1) is 5.60 Å². The van der Waals surface area contributed by atoms with Gasteiger partial charge in [0.2, 0.25) is 0 Å². The van der Waals surface area contributed by atoms with Crippen LogP contribution in [0.15, 0.2) is 30.3 Å². The molecule has 0 saturated carbocycles. The summed E-state index contributed by atoms with van der Waals surface area (Å²) in [4.78, 5) is 0. The predicted octanol–water partition coefficient (Wildman–Crippen LogP) is 3.55. The second-order valence-electron chi connectivity index (χ2n) is 5.65. The largest absolute Gasteiger partial charge is 0.494 e. The fourth-order valence-electron chi connectivity index (χ4n) is 2.91. The van der Waals surface area contributed by atoms with Gasteiger partial charge in [0, 0.05) is 6.10 Å². The maximum Gasteiger partial charge on any atom is 0.494 e. The van der Waals surface area contributed by atoms with Crippen LogP contribution < -0.4 is 5.46 Å². The zero-order valence-corrected chi connectivity index (χ0v) is 12.4. The van der Waals surface area contributed by atoms with Gasteiger partial charge in [0.25, 0.3) is 0 Å². The Morgan fingerprint density at radius 2 is 2.00 bits per heavy atom. The molecular weight excluding hydrogens is 235 g/mol. The third-order valence-corrected chi connectivity index (χ3v) is 4.07. The van der Waals surface area contributed by atoms with Crippen molar-refractivity contribution in [1.82, 2.24) is 0 Å². The zero-order chi connectivity index (χ0) is 13.7. The van der Waals surface area contributed by atoms with Gasteiger partial charge >= 0.3 is 7.12 Å². The van der Waals surface area contributed by atoms with Gasteiger partial charge in [-0.2, -0.15) is 0 Å². The summed E-state index contributed by atoms with van der Waals surface area (Å²) in [5.74, 6) is 0. The first-order valence-corrected chi connectivity index (χ1v) is 7.57. The molecule has 0 bridgehead atoms. The lowest BCUT2D eigenvalue weighted by Gasteiger charge is -2.43. The molecule has 1 aliphatic rings. The molecule has 1 aromatic rings. The fourth-order valence-corrected chi connectivity index (χ4v) is 2.91. The van der Waals surface area contributed by atoms with Crippen molar-refractivity contribution >= 4 is 12.6 Å². The molecule has 3 heteroatoms. The van der Waals surface area contributed by atoms with Crippen LogP contribution in [0.5, 0.6) is 0 Å². The first kappa shape index (κ1) is 14.6. The third-order valence-electron chi connectivity index (χ3n) is 4.07. The summed E-state index contributed by atoms with van der Waals surface area (Å²) in [5.41, 5.74) is 1.12. The molecule has 1 fully saturated rings. The SMILES string of the molecule is CCCCC1(CC)CC(C)OB(c2ccccc2)O1. The number of rotatable bonds is 5. The summed E-state index contributed by atoms with van der Waals surface area (Å²) in [5, 5.41) is 0. The minimum atomic E-state index is -0.207. The number of hydrogen-bond acceptors (Lipinski definition) is 2. The van der Waals surface area contributed by atoms with Crippen molar-refractivity contribution in [2.45, 2.75) is 64.6 Å². The number of unbranched alkanes of at least 4 members (excludes halogenated alkanes) is 1. The summed E-state index contributed by atoms with van der Waals surface area (Å²) < 4.78 is 12.3. The quantitative estimate of drug-likeness (QED) is 0.754. The topological polar surface area (TPSA) is 18.5 Å². The molecule has 2 nitrogen and oxygen atoms in total. The van der Waals surface area contributed by atoms with E-state index in [2.05, 4.69) is 32.9 Å². The van der Waals surface area contributed by atoms with Gasteiger partial charge in [0.15, 0.2) is 0 Å². The average molecular weight is 260 g/mol. The van der Waals surface area contributed by atoms with Gasteiger partial charge in [-0.25, -0.2) is 0 Å². The van der Waals surface area contributed by atoms with E-state index in [1.807, 2.05) is 18.2 Å². The fraction of sp³-hybridized carbons (Fsp3) is 0.625. The Hall–Kier alpha value is -0.795. The predicted molar refractivity (Wildman–Crippen MR) is 80.6 cm³/mol. The van der Waals surface area contributed by atoms with Crippen LogP contribution in [0.2, 0.25) is 0 Å². The van der Waals surface area contributed by atoms with E-state index in [-0.39, 0.29) is 18.8 Å². The van der Waals surface area contributed by atoms with E-state index in [0.717, 1.165) is 24.7 Å². The molecule has 1 aliphatic heterocycles. The first-order chi connectivity index (χ1) is 9.19. The van der Waals surface area contributed by atoms with Crippen LogP contribution in [0, 0.1) is 0 Å². The average Bonchev–Trinajstić information content (AvgIpc) is 2.45. The van der Waals surface area contributed by atoms with Gasteiger partial charge < -0.3 is 9.31 Å². The first-order valence-electron chi connectivity index (χ1n) is 7.57. The summed E-state index contributed by atoms with van der Waals surface area (Å²) in [6, 6.07) is 10.3. The van der Waals surface area contributed by atoms with Gasteiger partial charge in [-0.05, 0) is 31.6 Å². The standard InChI is InChI=1S/C16H25BO2/c1-4-6-12-16(5-2)13-14(3)18-17(19-16)15-10-8-7-9-11-15/h7-11,14H,4-6,12-13H2,1-3H3. The molecule has 0 spiro atoms. The molecule has 2 unspecified atom stereocenters. The minimum absolute atomic E-state index is 0.00577. The second kappa shape index (κ2) is 6.58. The molecule has 1 heterocycles. The Labute approximate surface area is 117 Å². The lowest BCUT2D eigenvalue weighted by Crippen LogP contribution is -2.54. The Bertz CT molecular complexity index is 382. The van der Waals surface area contributed by atoms with Crippen molar-refractivity contribution in [2.75, 3.05) is 0 Å². The Balaban J connectivity index is 2.14. The Morgan fingerprint density at radius 1 is 1.26 bits per heavy atom. The van der Waals surface area contributed by atoms with Crippen LogP contribution >= 0.6 is 0 Å². The highest BCUT2D eigenvalue weighted by atomic mass is 16.6. The molecule has 2 rings (SSSR count). The molecule has 1 aromatic carbocycles. The van der Waals surface area contributed by atoms with E-state index >= 15 is 0 Å². The summed E-state index contributed by atoms with van der Waals surface area (Å²) in [6.07, 6.45) is 5.91. The molecule has 19 heavy (non-hydrogen) atoms. The monoisotopic (exact) mass is 260 g/mol. The second-order valence-corrected chi connectivity index (χ2v) is 5.65. The Morgan fingerprint density at radius 3 is 2.63 bits per heavy atom.